The summed E-state index contributed by atoms with van der Waals surface area (Å²) in [4.78, 5) is 23.2. The average molecular weight is 396 g/mol. The molecule has 0 aromatic carbocycles. The van der Waals surface area contributed by atoms with Crippen molar-refractivity contribution in [1.82, 2.24) is 19.7 Å². The number of aromatic nitrogens is 4. The number of fused-ring (bicyclic) bond motifs is 1. The van der Waals surface area contributed by atoms with E-state index in [1.165, 1.54) is 16.9 Å². The number of nitrogens with one attached hydrogen (secondary N) is 1. The minimum absolute atomic E-state index is 0.137. The van der Waals surface area contributed by atoms with Crippen LogP contribution in [0.3, 0.4) is 0 Å². The third-order valence-electron chi connectivity index (χ3n) is 5.34. The molecule has 1 aliphatic carbocycles. The Bertz CT molecular complexity index is 970. The van der Waals surface area contributed by atoms with Crippen molar-refractivity contribution in [3.05, 3.63) is 57.8 Å². The molecule has 0 unspecified atom stereocenters. The Labute approximate surface area is 169 Å². The van der Waals surface area contributed by atoms with Gasteiger partial charge in [-0.25, -0.2) is 9.67 Å². The zero-order valence-corrected chi connectivity index (χ0v) is 17.3. The molecule has 1 N–H and O–H groups in total. The maximum Gasteiger partial charge on any atom is 0.268 e. The number of thiophene rings is 1. The molecule has 0 saturated heterocycles. The van der Waals surface area contributed by atoms with Crippen LogP contribution in [-0.2, 0) is 19.4 Å². The van der Waals surface area contributed by atoms with E-state index in [2.05, 4.69) is 47.2 Å². The van der Waals surface area contributed by atoms with Crippen molar-refractivity contribution < 1.29 is 4.79 Å². The molecule has 7 heteroatoms. The van der Waals surface area contributed by atoms with Gasteiger partial charge in [0, 0.05) is 11.1 Å². The maximum absolute atomic E-state index is 12.7. The van der Waals surface area contributed by atoms with E-state index in [-0.39, 0.29) is 5.91 Å². The Morgan fingerprint density at radius 3 is 2.93 bits per heavy atom. The molecule has 146 valence electrons. The molecule has 0 radical (unpaired) electrons. The second kappa shape index (κ2) is 7.47. The fraction of sp³-hybridized carbons (Fsp3) is 0.429. The highest BCUT2D eigenvalue weighted by molar-refractivity contribution is 7.14. The van der Waals surface area contributed by atoms with Gasteiger partial charge in [-0.2, -0.15) is 0 Å². The summed E-state index contributed by atoms with van der Waals surface area (Å²) in [6.07, 6.45) is 6.67. The van der Waals surface area contributed by atoms with Crippen molar-refractivity contribution in [3.8, 4) is 0 Å². The van der Waals surface area contributed by atoms with Crippen molar-refractivity contribution in [2.75, 3.05) is 5.32 Å². The van der Waals surface area contributed by atoms with Crippen LogP contribution in [0.15, 0.2) is 36.8 Å². The number of aryl methyl sites for hydroxylation is 1. The Kier molecular flexibility index (Phi) is 5.02. The summed E-state index contributed by atoms with van der Waals surface area (Å²) in [6.45, 7) is 7.42. The number of pyridine rings is 1. The smallest absolute Gasteiger partial charge is 0.268 e. The van der Waals surface area contributed by atoms with Crippen LogP contribution in [0.4, 0.5) is 5.95 Å². The summed E-state index contributed by atoms with van der Waals surface area (Å²) in [7, 11) is 0. The van der Waals surface area contributed by atoms with Crippen LogP contribution in [0.2, 0.25) is 0 Å². The van der Waals surface area contributed by atoms with E-state index in [1.54, 1.807) is 28.5 Å². The molecule has 3 heterocycles. The molecule has 1 atom stereocenters. The van der Waals surface area contributed by atoms with Gasteiger partial charge in [0.1, 0.15) is 6.33 Å². The van der Waals surface area contributed by atoms with Crippen LogP contribution in [0.1, 0.15) is 53.0 Å². The lowest BCUT2D eigenvalue weighted by molar-refractivity contribution is 0.102. The summed E-state index contributed by atoms with van der Waals surface area (Å²) in [5, 5.41) is 7.16. The van der Waals surface area contributed by atoms with E-state index in [9.17, 15) is 4.79 Å². The van der Waals surface area contributed by atoms with Crippen molar-refractivity contribution in [1.29, 1.82) is 0 Å². The zero-order valence-electron chi connectivity index (χ0n) is 16.5. The number of carbonyl (C=O) groups excluding carboxylic acids is 1. The summed E-state index contributed by atoms with van der Waals surface area (Å²) >= 11 is 1.60. The molecular weight excluding hydrogens is 370 g/mol. The van der Waals surface area contributed by atoms with Gasteiger partial charge in [-0.1, -0.05) is 26.8 Å². The Morgan fingerprint density at radius 1 is 1.32 bits per heavy atom. The van der Waals surface area contributed by atoms with Gasteiger partial charge < -0.3 is 0 Å². The van der Waals surface area contributed by atoms with Crippen LogP contribution in [0, 0.1) is 11.3 Å². The number of carbonyl (C=O) groups is 1. The first-order valence-electron chi connectivity index (χ1n) is 9.61. The largest absolute Gasteiger partial charge is 0.288 e. The number of anilines is 1. The molecule has 3 aromatic heterocycles. The quantitative estimate of drug-likeness (QED) is 0.719. The Hall–Kier alpha value is -2.54. The number of rotatable bonds is 4. The van der Waals surface area contributed by atoms with E-state index in [0.717, 1.165) is 23.4 Å². The average Bonchev–Trinajstić information content (AvgIpc) is 3.28. The lowest BCUT2D eigenvalue weighted by Crippen LogP contribution is -2.26. The highest BCUT2D eigenvalue weighted by Gasteiger charge is 2.30. The predicted octanol–water partition coefficient (Wildman–Crippen LogP) is 4.19. The van der Waals surface area contributed by atoms with E-state index in [4.69, 9.17) is 0 Å². The Balaban J connectivity index is 1.42. The van der Waals surface area contributed by atoms with Crippen LogP contribution >= 0.6 is 11.3 Å². The van der Waals surface area contributed by atoms with Gasteiger partial charge in [0.2, 0.25) is 5.95 Å². The van der Waals surface area contributed by atoms with Crippen molar-refractivity contribution in [2.24, 2.45) is 11.3 Å². The summed E-state index contributed by atoms with van der Waals surface area (Å²) in [5.74, 6) is 0.844. The van der Waals surface area contributed by atoms with Crippen molar-refractivity contribution in [2.45, 2.75) is 46.6 Å². The van der Waals surface area contributed by atoms with E-state index in [1.807, 2.05) is 18.2 Å². The minimum atomic E-state index is -0.137. The lowest BCUT2D eigenvalue weighted by Gasteiger charge is -2.33. The molecular formula is C21H25N5OS. The SMILES string of the molecule is CC(C)(C)[C@@H]1CCc2sc(C(=O)Nc3ncn(Cc4ccccn4)n3)cc2C1. The van der Waals surface area contributed by atoms with Gasteiger partial charge in [-0.05, 0) is 54.4 Å². The molecule has 6 nitrogen and oxygen atoms in total. The molecule has 0 aliphatic heterocycles. The van der Waals surface area contributed by atoms with E-state index in [0.29, 0.717) is 23.8 Å². The fourth-order valence-corrected chi connectivity index (χ4v) is 4.73. The molecule has 3 aromatic rings. The third kappa shape index (κ3) is 4.14. The second-order valence-electron chi connectivity index (χ2n) is 8.41. The summed E-state index contributed by atoms with van der Waals surface area (Å²) < 4.78 is 1.67. The third-order valence-corrected chi connectivity index (χ3v) is 6.58. The van der Waals surface area contributed by atoms with Crippen LogP contribution < -0.4 is 5.32 Å². The topological polar surface area (TPSA) is 72.7 Å². The van der Waals surface area contributed by atoms with E-state index >= 15 is 0 Å². The van der Waals surface area contributed by atoms with Gasteiger partial charge in [-0.3, -0.25) is 15.1 Å². The standard InChI is InChI=1S/C21H25N5OS/c1-21(2,3)15-7-8-17-14(10-15)11-18(28-17)19(27)24-20-23-13-26(25-20)12-16-6-4-5-9-22-16/h4-6,9,11,13,15H,7-8,10,12H2,1-3H3,(H,24,25,27)/t15-/m1/s1. The number of hydrogen-bond donors (Lipinski definition) is 1. The minimum Gasteiger partial charge on any atom is -0.288 e. The summed E-state index contributed by atoms with van der Waals surface area (Å²) in [6, 6.07) is 7.80. The molecule has 0 bridgehead atoms. The monoisotopic (exact) mass is 395 g/mol. The predicted molar refractivity (Wildman–Crippen MR) is 111 cm³/mol. The van der Waals surface area contributed by atoms with Crippen LogP contribution in [0.5, 0.6) is 0 Å². The second-order valence-corrected chi connectivity index (χ2v) is 9.54. The fourth-order valence-electron chi connectivity index (χ4n) is 3.62. The zero-order chi connectivity index (χ0) is 19.7. The molecule has 0 saturated carbocycles. The Morgan fingerprint density at radius 2 is 2.18 bits per heavy atom. The lowest BCUT2D eigenvalue weighted by atomic mass is 9.72. The van der Waals surface area contributed by atoms with Gasteiger partial charge in [-0.15, -0.1) is 16.4 Å². The van der Waals surface area contributed by atoms with Crippen LogP contribution in [0.25, 0.3) is 0 Å². The molecule has 0 spiro atoms. The van der Waals surface area contributed by atoms with Crippen LogP contribution in [-0.4, -0.2) is 25.7 Å². The van der Waals surface area contributed by atoms with Gasteiger partial charge in [0.25, 0.3) is 5.91 Å². The molecule has 28 heavy (non-hydrogen) atoms. The highest BCUT2D eigenvalue weighted by atomic mass is 32.1. The first-order chi connectivity index (χ1) is 13.4. The first-order valence-corrected chi connectivity index (χ1v) is 10.4. The normalized spacial score (nSPS) is 16.6. The molecule has 1 aliphatic rings. The highest BCUT2D eigenvalue weighted by Crippen LogP contribution is 2.40. The number of hydrogen-bond acceptors (Lipinski definition) is 5. The number of amides is 1. The van der Waals surface area contributed by atoms with E-state index < -0.39 is 0 Å². The van der Waals surface area contributed by atoms with Gasteiger partial charge in [0.05, 0.1) is 17.1 Å². The maximum atomic E-state index is 12.7. The van der Waals surface area contributed by atoms with Gasteiger partial charge in [0.15, 0.2) is 0 Å². The summed E-state index contributed by atoms with van der Waals surface area (Å²) in [5.41, 5.74) is 2.52. The molecule has 0 fully saturated rings. The first kappa shape index (κ1) is 18.8. The van der Waals surface area contributed by atoms with Gasteiger partial charge >= 0.3 is 0 Å². The van der Waals surface area contributed by atoms with Crippen molar-refractivity contribution >= 4 is 23.2 Å². The molecule has 4 rings (SSSR count). The molecule has 1 amide bonds. The van der Waals surface area contributed by atoms with Crippen molar-refractivity contribution in [3.63, 3.8) is 0 Å². The number of nitrogens with zero attached hydrogens (tertiary/aromatic N) is 4.